The summed E-state index contributed by atoms with van der Waals surface area (Å²) in [5, 5.41) is 0. The van der Waals surface area contributed by atoms with Crippen molar-refractivity contribution in [2.24, 2.45) is 11.7 Å². The normalized spacial score (nSPS) is 27.6. The molecular formula is C12H22N2O2. The lowest BCUT2D eigenvalue weighted by atomic mass is 9.95. The Morgan fingerprint density at radius 2 is 2.44 bits per heavy atom. The third kappa shape index (κ3) is 3.06. The molecular weight excluding hydrogens is 204 g/mol. The summed E-state index contributed by atoms with van der Waals surface area (Å²) < 4.78 is 5.37. The van der Waals surface area contributed by atoms with Gasteiger partial charge in [0.2, 0.25) is 5.91 Å². The molecule has 1 aliphatic rings. The molecule has 4 nitrogen and oxygen atoms in total. The summed E-state index contributed by atoms with van der Waals surface area (Å²) in [5.74, 6) is 0.513. The Morgan fingerprint density at radius 1 is 1.75 bits per heavy atom. The van der Waals surface area contributed by atoms with Crippen molar-refractivity contribution in [1.82, 2.24) is 4.90 Å². The van der Waals surface area contributed by atoms with Crippen LogP contribution in [0.15, 0.2) is 12.7 Å². The van der Waals surface area contributed by atoms with Gasteiger partial charge in [-0.2, -0.15) is 0 Å². The van der Waals surface area contributed by atoms with Gasteiger partial charge in [0.1, 0.15) is 0 Å². The van der Waals surface area contributed by atoms with E-state index in [9.17, 15) is 4.79 Å². The number of ether oxygens (including phenoxy) is 1. The van der Waals surface area contributed by atoms with Crippen molar-refractivity contribution in [1.29, 1.82) is 0 Å². The molecule has 4 heteroatoms. The Labute approximate surface area is 97.4 Å². The van der Waals surface area contributed by atoms with E-state index in [1.54, 1.807) is 13.2 Å². The number of carbonyl (C=O) groups excluding carboxylic acids is 1. The summed E-state index contributed by atoms with van der Waals surface area (Å²) in [7, 11) is 1.69. The molecule has 0 bridgehead atoms. The number of likely N-dealkylation sites (tertiary alicyclic amines) is 1. The van der Waals surface area contributed by atoms with Crippen molar-refractivity contribution in [2.75, 3.05) is 20.2 Å². The molecule has 0 aliphatic carbocycles. The second-order valence-corrected chi connectivity index (χ2v) is 4.46. The highest BCUT2D eigenvalue weighted by Crippen LogP contribution is 2.20. The lowest BCUT2D eigenvalue weighted by Gasteiger charge is -2.37. The molecule has 0 aromatic rings. The van der Waals surface area contributed by atoms with E-state index in [0.29, 0.717) is 18.9 Å². The summed E-state index contributed by atoms with van der Waals surface area (Å²) in [6.45, 7) is 7.18. The zero-order valence-corrected chi connectivity index (χ0v) is 10.2. The second-order valence-electron chi connectivity index (χ2n) is 4.46. The molecule has 0 aromatic heterocycles. The summed E-state index contributed by atoms with van der Waals surface area (Å²) >= 11 is 0. The Morgan fingerprint density at radius 3 is 3.00 bits per heavy atom. The van der Waals surface area contributed by atoms with E-state index < -0.39 is 6.04 Å². The van der Waals surface area contributed by atoms with E-state index in [1.165, 1.54) is 0 Å². The van der Waals surface area contributed by atoms with Crippen LogP contribution in [0.5, 0.6) is 0 Å². The van der Waals surface area contributed by atoms with Crippen LogP contribution in [0.2, 0.25) is 0 Å². The lowest BCUT2D eigenvalue weighted by Crippen LogP contribution is -2.51. The number of nitrogens with zero attached hydrogens (tertiary/aromatic N) is 1. The summed E-state index contributed by atoms with van der Waals surface area (Å²) in [6.07, 6.45) is 3.32. The number of nitrogens with two attached hydrogens (primary N) is 1. The molecule has 1 fully saturated rings. The summed E-state index contributed by atoms with van der Waals surface area (Å²) in [4.78, 5) is 13.8. The third-order valence-electron chi connectivity index (χ3n) is 3.24. The van der Waals surface area contributed by atoms with Crippen LogP contribution in [-0.4, -0.2) is 43.2 Å². The first-order valence-electron chi connectivity index (χ1n) is 5.78. The average Bonchev–Trinajstić information content (AvgIpc) is 2.29. The molecule has 0 saturated carbocycles. The Bertz CT molecular complexity index is 255. The lowest BCUT2D eigenvalue weighted by molar-refractivity contribution is -0.137. The topological polar surface area (TPSA) is 55.6 Å². The zero-order valence-electron chi connectivity index (χ0n) is 10.2. The predicted octanol–water partition coefficient (Wildman–Crippen LogP) is 0.773. The second kappa shape index (κ2) is 6.01. The van der Waals surface area contributed by atoms with Crippen LogP contribution in [0.4, 0.5) is 0 Å². The Kier molecular flexibility index (Phi) is 4.96. The van der Waals surface area contributed by atoms with Crippen molar-refractivity contribution in [2.45, 2.75) is 31.9 Å². The van der Waals surface area contributed by atoms with Crippen molar-refractivity contribution in [3.63, 3.8) is 0 Å². The molecule has 0 spiro atoms. The first-order valence-corrected chi connectivity index (χ1v) is 5.78. The van der Waals surface area contributed by atoms with Crippen LogP contribution in [0.3, 0.4) is 0 Å². The van der Waals surface area contributed by atoms with Crippen molar-refractivity contribution in [3.05, 3.63) is 12.7 Å². The van der Waals surface area contributed by atoms with Crippen molar-refractivity contribution < 1.29 is 9.53 Å². The van der Waals surface area contributed by atoms with Gasteiger partial charge in [-0.3, -0.25) is 4.79 Å². The number of methoxy groups -OCH3 is 1. The largest absolute Gasteiger partial charge is 0.379 e. The number of amides is 1. The van der Waals surface area contributed by atoms with Gasteiger partial charge < -0.3 is 15.4 Å². The van der Waals surface area contributed by atoms with Gasteiger partial charge in [-0.25, -0.2) is 0 Å². The van der Waals surface area contributed by atoms with E-state index in [2.05, 4.69) is 13.5 Å². The van der Waals surface area contributed by atoms with Gasteiger partial charge >= 0.3 is 0 Å². The van der Waals surface area contributed by atoms with Gasteiger partial charge in [0, 0.05) is 20.2 Å². The minimum Gasteiger partial charge on any atom is -0.379 e. The fourth-order valence-corrected chi connectivity index (χ4v) is 2.06. The molecule has 2 N–H and O–H groups in total. The van der Waals surface area contributed by atoms with E-state index >= 15 is 0 Å². The molecule has 16 heavy (non-hydrogen) atoms. The molecule has 0 aromatic carbocycles. The highest BCUT2D eigenvalue weighted by molar-refractivity contribution is 5.81. The number of hydrogen-bond acceptors (Lipinski definition) is 3. The summed E-state index contributed by atoms with van der Waals surface area (Å²) in [6, 6.07) is -0.455. The van der Waals surface area contributed by atoms with E-state index in [0.717, 1.165) is 13.0 Å². The maximum atomic E-state index is 12.0. The number of carbonyl (C=O) groups is 1. The standard InChI is InChI=1S/C12H22N2O2/c1-4-5-10(13)12(15)14-7-6-9(2)11(8-14)16-3/h4,9-11H,1,5-8,13H2,2-3H3. The van der Waals surface area contributed by atoms with Crippen LogP contribution < -0.4 is 5.73 Å². The van der Waals surface area contributed by atoms with Gasteiger partial charge in [-0.05, 0) is 18.8 Å². The minimum atomic E-state index is -0.455. The monoisotopic (exact) mass is 226 g/mol. The highest BCUT2D eigenvalue weighted by Gasteiger charge is 2.30. The molecule has 92 valence electrons. The highest BCUT2D eigenvalue weighted by atomic mass is 16.5. The van der Waals surface area contributed by atoms with Crippen LogP contribution in [0.25, 0.3) is 0 Å². The summed E-state index contributed by atoms with van der Waals surface area (Å²) in [5.41, 5.74) is 5.78. The van der Waals surface area contributed by atoms with Gasteiger partial charge in [-0.1, -0.05) is 13.0 Å². The van der Waals surface area contributed by atoms with Crippen LogP contribution >= 0.6 is 0 Å². The zero-order chi connectivity index (χ0) is 12.1. The first kappa shape index (κ1) is 13.2. The Hall–Kier alpha value is -0.870. The molecule has 1 saturated heterocycles. The van der Waals surface area contributed by atoms with Gasteiger partial charge in [0.15, 0.2) is 0 Å². The number of hydrogen-bond donors (Lipinski definition) is 1. The van der Waals surface area contributed by atoms with Crippen LogP contribution in [-0.2, 0) is 9.53 Å². The molecule has 1 amide bonds. The van der Waals surface area contributed by atoms with Crippen molar-refractivity contribution >= 4 is 5.91 Å². The molecule has 3 atom stereocenters. The first-order chi connectivity index (χ1) is 7.60. The fourth-order valence-electron chi connectivity index (χ4n) is 2.06. The minimum absolute atomic E-state index is 0.00819. The molecule has 3 unspecified atom stereocenters. The molecule has 1 aliphatic heterocycles. The molecule has 0 radical (unpaired) electrons. The quantitative estimate of drug-likeness (QED) is 0.720. The maximum Gasteiger partial charge on any atom is 0.239 e. The van der Waals surface area contributed by atoms with Gasteiger partial charge in [0.05, 0.1) is 12.1 Å². The van der Waals surface area contributed by atoms with Crippen LogP contribution in [0.1, 0.15) is 19.8 Å². The SMILES string of the molecule is C=CCC(N)C(=O)N1CCC(C)C(OC)C1. The predicted molar refractivity (Wildman–Crippen MR) is 63.9 cm³/mol. The Balaban J connectivity index is 2.54. The van der Waals surface area contributed by atoms with Crippen molar-refractivity contribution in [3.8, 4) is 0 Å². The third-order valence-corrected chi connectivity index (χ3v) is 3.24. The maximum absolute atomic E-state index is 12.0. The number of piperidine rings is 1. The van der Waals surface area contributed by atoms with E-state index in [1.807, 2.05) is 4.90 Å². The smallest absolute Gasteiger partial charge is 0.239 e. The molecule has 1 rings (SSSR count). The molecule has 1 heterocycles. The fraction of sp³-hybridized carbons (Fsp3) is 0.750. The number of rotatable bonds is 4. The average molecular weight is 226 g/mol. The van der Waals surface area contributed by atoms with E-state index in [4.69, 9.17) is 10.5 Å². The van der Waals surface area contributed by atoms with Gasteiger partial charge in [-0.15, -0.1) is 6.58 Å². The van der Waals surface area contributed by atoms with Crippen LogP contribution in [0, 0.1) is 5.92 Å². The van der Waals surface area contributed by atoms with Gasteiger partial charge in [0.25, 0.3) is 0 Å². The van der Waals surface area contributed by atoms with E-state index in [-0.39, 0.29) is 12.0 Å².